The molecule has 0 bridgehead atoms. The van der Waals surface area contributed by atoms with Gasteiger partial charge in [-0.3, -0.25) is 0 Å². The summed E-state index contributed by atoms with van der Waals surface area (Å²) in [6.07, 6.45) is 2.49. The highest BCUT2D eigenvalue weighted by molar-refractivity contribution is 6.36. The molecule has 1 aliphatic rings. The van der Waals surface area contributed by atoms with Crippen LogP contribution in [0.15, 0.2) is 34.7 Å². The van der Waals surface area contributed by atoms with E-state index in [4.69, 9.17) is 27.6 Å². The molecule has 22 heavy (non-hydrogen) atoms. The van der Waals surface area contributed by atoms with Crippen LogP contribution in [-0.4, -0.2) is 19.6 Å². The first-order chi connectivity index (χ1) is 10.7. The van der Waals surface area contributed by atoms with E-state index in [1.54, 1.807) is 6.07 Å². The molecule has 0 spiro atoms. The molecular weight excluding hydrogens is 319 g/mol. The Labute approximate surface area is 141 Å². The number of hydrogen-bond acceptors (Lipinski definition) is 3. The van der Waals surface area contributed by atoms with Crippen molar-refractivity contribution in [3.8, 4) is 11.3 Å². The van der Waals surface area contributed by atoms with Gasteiger partial charge in [0.25, 0.3) is 0 Å². The third kappa shape index (κ3) is 4.05. The van der Waals surface area contributed by atoms with Crippen LogP contribution in [0.5, 0.6) is 0 Å². The summed E-state index contributed by atoms with van der Waals surface area (Å²) in [6, 6.07) is 9.39. The molecule has 0 aliphatic carbocycles. The van der Waals surface area contributed by atoms with E-state index in [0.717, 1.165) is 49.2 Å². The number of benzene rings is 1. The highest BCUT2D eigenvalue weighted by Crippen LogP contribution is 2.31. The Balaban J connectivity index is 1.56. The molecule has 1 fully saturated rings. The van der Waals surface area contributed by atoms with Crippen LogP contribution in [0.4, 0.5) is 0 Å². The van der Waals surface area contributed by atoms with Gasteiger partial charge in [-0.15, -0.1) is 0 Å². The van der Waals surface area contributed by atoms with E-state index in [0.29, 0.717) is 10.0 Å². The van der Waals surface area contributed by atoms with Crippen molar-refractivity contribution in [1.29, 1.82) is 0 Å². The maximum atomic E-state index is 6.21. The van der Waals surface area contributed by atoms with Crippen LogP contribution in [0.2, 0.25) is 10.0 Å². The van der Waals surface area contributed by atoms with E-state index < -0.39 is 0 Å². The zero-order valence-corrected chi connectivity index (χ0v) is 13.9. The monoisotopic (exact) mass is 338 g/mol. The minimum atomic E-state index is 0.607. The molecule has 1 aromatic heterocycles. The van der Waals surface area contributed by atoms with Crippen molar-refractivity contribution in [3.05, 3.63) is 46.1 Å². The molecule has 5 heteroatoms. The summed E-state index contributed by atoms with van der Waals surface area (Å²) in [4.78, 5) is 0. The van der Waals surface area contributed by atoms with E-state index in [1.165, 1.54) is 12.8 Å². The standard InChI is InChI=1S/C17H20Cl2N2O/c18-13-1-3-15(16(19)9-13)17-4-2-14(22-17)11-21-10-12-5-7-20-8-6-12/h1-4,9,12,20-21H,5-8,10-11H2. The summed E-state index contributed by atoms with van der Waals surface area (Å²) < 4.78 is 5.88. The van der Waals surface area contributed by atoms with Crippen LogP contribution >= 0.6 is 23.2 Å². The van der Waals surface area contributed by atoms with Gasteiger partial charge in [-0.2, -0.15) is 0 Å². The van der Waals surface area contributed by atoms with Crippen LogP contribution < -0.4 is 10.6 Å². The topological polar surface area (TPSA) is 37.2 Å². The van der Waals surface area contributed by atoms with E-state index in [2.05, 4.69) is 10.6 Å². The fraction of sp³-hybridized carbons (Fsp3) is 0.412. The van der Waals surface area contributed by atoms with E-state index in [9.17, 15) is 0 Å². The molecule has 0 saturated carbocycles. The Morgan fingerprint density at radius 3 is 2.73 bits per heavy atom. The first-order valence-corrected chi connectivity index (χ1v) is 8.43. The van der Waals surface area contributed by atoms with E-state index >= 15 is 0 Å². The highest BCUT2D eigenvalue weighted by Gasteiger charge is 2.13. The predicted octanol–water partition coefficient (Wildman–Crippen LogP) is 4.34. The zero-order valence-electron chi connectivity index (χ0n) is 12.4. The molecule has 3 rings (SSSR count). The van der Waals surface area contributed by atoms with Crippen LogP contribution in [0, 0.1) is 5.92 Å². The van der Waals surface area contributed by atoms with Gasteiger partial charge >= 0.3 is 0 Å². The predicted molar refractivity (Wildman–Crippen MR) is 91.5 cm³/mol. The minimum absolute atomic E-state index is 0.607. The van der Waals surface area contributed by atoms with E-state index in [-0.39, 0.29) is 0 Å². The maximum Gasteiger partial charge on any atom is 0.135 e. The molecule has 2 heterocycles. The average Bonchev–Trinajstić information content (AvgIpc) is 2.97. The SMILES string of the molecule is Clc1ccc(-c2ccc(CNCC3CCNCC3)o2)c(Cl)c1. The third-order valence-electron chi connectivity index (χ3n) is 4.05. The molecular formula is C17H20Cl2N2O. The van der Waals surface area contributed by atoms with Crippen LogP contribution in [-0.2, 0) is 6.54 Å². The molecule has 2 N–H and O–H groups in total. The van der Waals surface area contributed by atoms with Gasteiger partial charge in [0.05, 0.1) is 11.6 Å². The fourth-order valence-electron chi connectivity index (χ4n) is 2.79. The lowest BCUT2D eigenvalue weighted by Crippen LogP contribution is -2.33. The van der Waals surface area contributed by atoms with Crippen molar-refractivity contribution < 1.29 is 4.42 Å². The van der Waals surface area contributed by atoms with Crippen LogP contribution in [0.25, 0.3) is 11.3 Å². The molecule has 0 unspecified atom stereocenters. The number of furan rings is 1. The number of nitrogens with one attached hydrogen (secondary N) is 2. The Hall–Kier alpha value is -1.00. The summed E-state index contributed by atoms with van der Waals surface area (Å²) in [5, 5.41) is 8.11. The van der Waals surface area contributed by atoms with Crippen molar-refractivity contribution in [2.75, 3.05) is 19.6 Å². The van der Waals surface area contributed by atoms with Crippen molar-refractivity contribution in [2.24, 2.45) is 5.92 Å². The summed E-state index contributed by atoms with van der Waals surface area (Å²) in [5.41, 5.74) is 0.871. The van der Waals surface area contributed by atoms with Crippen molar-refractivity contribution in [2.45, 2.75) is 19.4 Å². The normalized spacial score (nSPS) is 16.1. The van der Waals surface area contributed by atoms with Gasteiger partial charge in [0, 0.05) is 10.6 Å². The lowest BCUT2D eigenvalue weighted by Gasteiger charge is -2.22. The van der Waals surface area contributed by atoms with Crippen LogP contribution in [0.1, 0.15) is 18.6 Å². The maximum absolute atomic E-state index is 6.21. The summed E-state index contributed by atoms with van der Waals surface area (Å²) >= 11 is 12.1. The molecule has 1 aromatic carbocycles. The van der Waals surface area contributed by atoms with Gasteiger partial charge in [0.15, 0.2) is 0 Å². The molecule has 1 saturated heterocycles. The van der Waals surface area contributed by atoms with E-state index in [1.807, 2.05) is 24.3 Å². The Bertz CT molecular complexity index is 621. The Kier molecular flexibility index (Phi) is 5.42. The Morgan fingerprint density at radius 2 is 1.95 bits per heavy atom. The minimum Gasteiger partial charge on any atom is -0.460 e. The van der Waals surface area contributed by atoms with Crippen molar-refractivity contribution in [3.63, 3.8) is 0 Å². The quantitative estimate of drug-likeness (QED) is 0.851. The number of hydrogen-bond donors (Lipinski definition) is 2. The number of piperidine rings is 1. The zero-order chi connectivity index (χ0) is 15.4. The summed E-state index contributed by atoms with van der Waals surface area (Å²) in [5.74, 6) is 2.47. The third-order valence-corrected chi connectivity index (χ3v) is 4.60. The van der Waals surface area contributed by atoms with Crippen molar-refractivity contribution in [1.82, 2.24) is 10.6 Å². The molecule has 0 amide bonds. The highest BCUT2D eigenvalue weighted by atomic mass is 35.5. The smallest absolute Gasteiger partial charge is 0.135 e. The lowest BCUT2D eigenvalue weighted by molar-refractivity contribution is 0.350. The molecule has 0 atom stereocenters. The largest absolute Gasteiger partial charge is 0.460 e. The van der Waals surface area contributed by atoms with Crippen LogP contribution in [0.3, 0.4) is 0 Å². The van der Waals surface area contributed by atoms with Gasteiger partial charge in [-0.05, 0) is 68.7 Å². The lowest BCUT2D eigenvalue weighted by atomic mass is 9.98. The van der Waals surface area contributed by atoms with Crippen molar-refractivity contribution >= 4 is 23.2 Å². The molecule has 118 valence electrons. The van der Waals surface area contributed by atoms with Gasteiger partial charge in [0.1, 0.15) is 11.5 Å². The molecule has 3 nitrogen and oxygen atoms in total. The van der Waals surface area contributed by atoms with Gasteiger partial charge in [-0.1, -0.05) is 23.2 Å². The number of rotatable bonds is 5. The Morgan fingerprint density at radius 1 is 1.14 bits per heavy atom. The second-order valence-corrected chi connectivity index (χ2v) is 6.56. The second kappa shape index (κ2) is 7.51. The first kappa shape index (κ1) is 15.9. The molecule has 0 radical (unpaired) electrons. The molecule has 2 aromatic rings. The van der Waals surface area contributed by atoms with Gasteiger partial charge in [-0.25, -0.2) is 0 Å². The second-order valence-electron chi connectivity index (χ2n) is 5.71. The fourth-order valence-corrected chi connectivity index (χ4v) is 3.29. The number of halogens is 2. The molecule has 1 aliphatic heterocycles. The summed E-state index contributed by atoms with van der Waals surface area (Å²) in [6.45, 7) is 4.05. The first-order valence-electron chi connectivity index (χ1n) is 7.68. The average molecular weight is 339 g/mol. The van der Waals surface area contributed by atoms with Gasteiger partial charge in [0.2, 0.25) is 0 Å². The summed E-state index contributed by atoms with van der Waals surface area (Å²) in [7, 11) is 0. The van der Waals surface area contributed by atoms with Gasteiger partial charge < -0.3 is 15.1 Å².